The first-order valence-corrected chi connectivity index (χ1v) is 12.1. The molecule has 0 spiro atoms. The molecule has 9 heteroatoms. The Balaban J connectivity index is 1.56. The molecule has 2 aromatic rings. The number of aryl methyl sites for hydroxylation is 2. The normalized spacial score (nSPS) is 19.4. The van der Waals surface area contributed by atoms with Gasteiger partial charge in [0, 0.05) is 32.1 Å². The summed E-state index contributed by atoms with van der Waals surface area (Å²) in [5.41, 5.74) is 0.815. The van der Waals surface area contributed by atoms with Crippen molar-refractivity contribution in [3.05, 3.63) is 40.1 Å². The summed E-state index contributed by atoms with van der Waals surface area (Å²) in [6.07, 6.45) is 5.60. The molecule has 0 bridgehead atoms. The lowest BCUT2D eigenvalue weighted by atomic mass is 9.97. The Morgan fingerprint density at radius 3 is 2.40 bits per heavy atom. The highest BCUT2D eigenvalue weighted by Crippen LogP contribution is 2.35. The summed E-state index contributed by atoms with van der Waals surface area (Å²) in [5, 5.41) is 4.54. The molecule has 0 amide bonds. The van der Waals surface area contributed by atoms with Crippen LogP contribution >= 0.6 is 0 Å². The lowest BCUT2D eigenvalue weighted by Gasteiger charge is -2.31. The van der Waals surface area contributed by atoms with E-state index in [-0.39, 0.29) is 22.5 Å². The number of hydrogen-bond donors (Lipinski definition) is 0. The van der Waals surface area contributed by atoms with Gasteiger partial charge >= 0.3 is 5.69 Å². The van der Waals surface area contributed by atoms with Crippen LogP contribution in [0.2, 0.25) is 0 Å². The molecule has 30 heavy (non-hydrogen) atoms. The fourth-order valence-corrected chi connectivity index (χ4v) is 6.47. The Bertz CT molecular complexity index is 1070. The fourth-order valence-electron chi connectivity index (χ4n) is 4.76. The zero-order valence-electron chi connectivity index (χ0n) is 17.9. The van der Waals surface area contributed by atoms with Crippen LogP contribution in [0.1, 0.15) is 61.9 Å². The maximum atomic E-state index is 13.3. The molecule has 164 valence electrons. The number of sulfonamides is 1. The third-order valence-electron chi connectivity index (χ3n) is 6.43. The molecule has 8 nitrogen and oxygen atoms in total. The lowest BCUT2D eigenvalue weighted by molar-refractivity contribution is 0.302. The standard InChI is InChI=1S/C21H30N4O4S/c1-15-8-9-18(29-3)19(14-15)30(27,28)24-12-10-16(11-13-24)20-22-23(2)21(26)25(20)17-6-4-5-7-17/h8-9,14,16-17H,4-7,10-13H2,1-3H3. The third kappa shape index (κ3) is 3.69. The van der Waals surface area contributed by atoms with Gasteiger partial charge in [0.15, 0.2) is 0 Å². The van der Waals surface area contributed by atoms with Gasteiger partial charge in [-0.25, -0.2) is 17.9 Å². The van der Waals surface area contributed by atoms with Crippen molar-refractivity contribution in [2.24, 2.45) is 7.05 Å². The summed E-state index contributed by atoms with van der Waals surface area (Å²) in [6.45, 7) is 2.67. The van der Waals surface area contributed by atoms with E-state index >= 15 is 0 Å². The Hall–Kier alpha value is -2.13. The molecule has 0 N–H and O–H groups in total. The van der Waals surface area contributed by atoms with Crippen LogP contribution in [0.3, 0.4) is 0 Å². The van der Waals surface area contributed by atoms with Gasteiger partial charge in [0.05, 0.1) is 7.11 Å². The van der Waals surface area contributed by atoms with Gasteiger partial charge in [-0.05, 0) is 50.3 Å². The van der Waals surface area contributed by atoms with Crippen molar-refractivity contribution in [3.8, 4) is 5.75 Å². The maximum Gasteiger partial charge on any atom is 0.345 e. The highest BCUT2D eigenvalue weighted by molar-refractivity contribution is 7.89. The van der Waals surface area contributed by atoms with Crippen molar-refractivity contribution in [2.45, 2.75) is 62.3 Å². The Labute approximate surface area is 177 Å². The van der Waals surface area contributed by atoms with Crippen molar-refractivity contribution in [3.63, 3.8) is 0 Å². The van der Waals surface area contributed by atoms with E-state index in [0.29, 0.717) is 31.7 Å². The van der Waals surface area contributed by atoms with Crippen LogP contribution in [0.25, 0.3) is 0 Å². The van der Waals surface area contributed by atoms with E-state index in [2.05, 4.69) is 5.10 Å². The zero-order chi connectivity index (χ0) is 21.5. The topological polar surface area (TPSA) is 86.4 Å². The predicted molar refractivity (Wildman–Crippen MR) is 113 cm³/mol. The van der Waals surface area contributed by atoms with Gasteiger partial charge in [-0.15, -0.1) is 0 Å². The average Bonchev–Trinajstić information content (AvgIpc) is 3.36. The van der Waals surface area contributed by atoms with Crippen LogP contribution in [0.4, 0.5) is 0 Å². The minimum absolute atomic E-state index is 0.0588. The van der Waals surface area contributed by atoms with Gasteiger partial charge in [0.1, 0.15) is 16.5 Å². The summed E-state index contributed by atoms with van der Waals surface area (Å²) in [6, 6.07) is 5.42. The summed E-state index contributed by atoms with van der Waals surface area (Å²) in [4.78, 5) is 12.9. The molecular weight excluding hydrogens is 404 g/mol. The Morgan fingerprint density at radius 2 is 1.77 bits per heavy atom. The minimum Gasteiger partial charge on any atom is -0.495 e. The lowest BCUT2D eigenvalue weighted by Crippen LogP contribution is -2.39. The van der Waals surface area contributed by atoms with Crippen molar-refractivity contribution in [1.29, 1.82) is 0 Å². The van der Waals surface area contributed by atoms with E-state index in [1.807, 2.05) is 17.6 Å². The van der Waals surface area contributed by atoms with Crippen molar-refractivity contribution in [1.82, 2.24) is 18.7 Å². The highest BCUT2D eigenvalue weighted by Gasteiger charge is 2.35. The van der Waals surface area contributed by atoms with Gasteiger partial charge in [-0.3, -0.25) is 4.57 Å². The summed E-state index contributed by atoms with van der Waals surface area (Å²) in [5.74, 6) is 1.27. The molecule has 2 heterocycles. The molecule has 1 aliphatic carbocycles. The first-order chi connectivity index (χ1) is 14.3. The van der Waals surface area contributed by atoms with Crippen LogP contribution in [0.5, 0.6) is 5.75 Å². The SMILES string of the molecule is COc1ccc(C)cc1S(=O)(=O)N1CCC(c2nn(C)c(=O)n2C2CCCC2)CC1. The van der Waals surface area contributed by atoms with Gasteiger partial charge in [-0.2, -0.15) is 9.40 Å². The van der Waals surface area contributed by atoms with Gasteiger partial charge in [0.25, 0.3) is 0 Å². The first kappa shape index (κ1) is 21.1. The monoisotopic (exact) mass is 434 g/mol. The van der Waals surface area contributed by atoms with Gasteiger partial charge in [-0.1, -0.05) is 18.9 Å². The minimum atomic E-state index is -3.65. The van der Waals surface area contributed by atoms with E-state index in [1.54, 1.807) is 19.2 Å². The van der Waals surface area contributed by atoms with Crippen molar-refractivity contribution >= 4 is 10.0 Å². The van der Waals surface area contributed by atoms with Gasteiger partial charge in [0.2, 0.25) is 10.0 Å². The van der Waals surface area contributed by atoms with Crippen molar-refractivity contribution in [2.75, 3.05) is 20.2 Å². The molecule has 2 aliphatic rings. The smallest absolute Gasteiger partial charge is 0.345 e. The number of methoxy groups -OCH3 is 1. The van der Waals surface area contributed by atoms with E-state index in [1.165, 1.54) is 16.1 Å². The van der Waals surface area contributed by atoms with Crippen LogP contribution in [-0.4, -0.2) is 47.3 Å². The Morgan fingerprint density at radius 1 is 1.10 bits per heavy atom. The van der Waals surface area contributed by atoms with Crippen LogP contribution in [0.15, 0.2) is 27.9 Å². The molecule has 2 fully saturated rings. The van der Waals surface area contributed by atoms with E-state index in [0.717, 1.165) is 37.1 Å². The first-order valence-electron chi connectivity index (χ1n) is 10.6. The highest BCUT2D eigenvalue weighted by atomic mass is 32.2. The van der Waals surface area contributed by atoms with E-state index in [9.17, 15) is 13.2 Å². The van der Waals surface area contributed by atoms with E-state index in [4.69, 9.17) is 4.74 Å². The molecular formula is C21H30N4O4S. The van der Waals surface area contributed by atoms with Crippen LogP contribution < -0.4 is 10.4 Å². The molecule has 0 unspecified atom stereocenters. The largest absolute Gasteiger partial charge is 0.495 e. The second-order valence-corrected chi connectivity index (χ2v) is 10.3. The van der Waals surface area contributed by atoms with Gasteiger partial charge < -0.3 is 4.74 Å². The molecule has 1 aromatic heterocycles. The molecule has 1 saturated heterocycles. The third-order valence-corrected chi connectivity index (χ3v) is 8.35. The number of nitrogens with zero attached hydrogens (tertiary/aromatic N) is 4. The number of piperidine rings is 1. The number of benzene rings is 1. The quantitative estimate of drug-likeness (QED) is 0.722. The summed E-state index contributed by atoms with van der Waals surface area (Å²) in [7, 11) is -0.467. The molecule has 4 rings (SSSR count). The molecule has 1 aromatic carbocycles. The predicted octanol–water partition coefficient (Wildman–Crippen LogP) is 2.58. The van der Waals surface area contributed by atoms with Crippen LogP contribution in [0, 0.1) is 6.92 Å². The second-order valence-electron chi connectivity index (χ2n) is 8.41. The molecule has 1 aliphatic heterocycles. The number of ether oxygens (including phenoxy) is 1. The second kappa shape index (κ2) is 8.19. The number of aromatic nitrogens is 3. The van der Waals surface area contributed by atoms with Crippen molar-refractivity contribution < 1.29 is 13.2 Å². The molecule has 0 atom stereocenters. The summed E-state index contributed by atoms with van der Waals surface area (Å²) < 4.78 is 36.7. The van der Waals surface area contributed by atoms with Crippen LogP contribution in [-0.2, 0) is 17.1 Å². The summed E-state index contributed by atoms with van der Waals surface area (Å²) >= 11 is 0. The number of hydrogen-bond acceptors (Lipinski definition) is 5. The Kier molecular flexibility index (Phi) is 5.76. The molecule has 1 saturated carbocycles. The average molecular weight is 435 g/mol. The zero-order valence-corrected chi connectivity index (χ0v) is 18.7. The number of rotatable bonds is 5. The molecule has 0 radical (unpaired) electrons. The van der Waals surface area contributed by atoms with E-state index < -0.39 is 10.0 Å². The maximum absolute atomic E-state index is 13.3. The fraction of sp³-hybridized carbons (Fsp3) is 0.619.